The van der Waals surface area contributed by atoms with E-state index >= 15 is 0 Å². The Kier molecular flexibility index (Phi) is 3.47. The Morgan fingerprint density at radius 2 is 2.00 bits per heavy atom. The summed E-state index contributed by atoms with van der Waals surface area (Å²) in [5.41, 5.74) is 0.795. The molecule has 2 heteroatoms. The molecule has 0 atom stereocenters. The van der Waals surface area contributed by atoms with E-state index in [9.17, 15) is 0 Å². The van der Waals surface area contributed by atoms with Crippen molar-refractivity contribution in [1.29, 1.82) is 0 Å². The molecule has 0 aliphatic rings. The van der Waals surface area contributed by atoms with Crippen LogP contribution < -0.4 is 0 Å². The predicted molar refractivity (Wildman–Crippen MR) is 46.1 cm³/mol. The van der Waals surface area contributed by atoms with Crippen molar-refractivity contribution in [3.05, 3.63) is 24.9 Å². The first-order chi connectivity index (χ1) is 4.57. The van der Waals surface area contributed by atoms with E-state index in [2.05, 4.69) is 18.2 Å². The van der Waals surface area contributed by atoms with Gasteiger partial charge in [0.25, 0.3) is 0 Å². The maximum atomic E-state index is 4.12. The molecule has 0 amide bonds. The van der Waals surface area contributed by atoms with E-state index in [-0.39, 0.29) is 0 Å². The minimum atomic E-state index is 0.795. The van der Waals surface area contributed by atoms with Crippen molar-refractivity contribution in [1.82, 2.24) is 4.90 Å². The Morgan fingerprint density at radius 1 is 1.50 bits per heavy atom. The zero-order valence-electron chi connectivity index (χ0n) is 6.89. The minimum absolute atomic E-state index is 0.795. The van der Waals surface area contributed by atoms with Crippen LogP contribution in [0.15, 0.2) is 29.9 Å². The first-order valence-electron chi connectivity index (χ1n) is 3.12. The Bertz CT molecular complexity index is 166. The van der Waals surface area contributed by atoms with Gasteiger partial charge in [-0.15, -0.1) is 0 Å². The van der Waals surface area contributed by atoms with E-state index in [4.69, 9.17) is 0 Å². The minimum Gasteiger partial charge on any atom is -0.363 e. The number of hydrogen-bond donors (Lipinski definition) is 0. The first kappa shape index (κ1) is 8.95. The van der Waals surface area contributed by atoms with Crippen molar-refractivity contribution in [2.45, 2.75) is 6.92 Å². The highest BCUT2D eigenvalue weighted by Gasteiger charge is 1.92. The summed E-state index contributed by atoms with van der Waals surface area (Å²) in [7, 11) is 3.84. The van der Waals surface area contributed by atoms with Crippen LogP contribution in [0.1, 0.15) is 6.92 Å². The third-order valence-electron chi connectivity index (χ3n) is 0.946. The number of likely N-dealkylation sites (N-methyl/N-ethyl adjacent to an activating group) is 1. The molecule has 0 aliphatic heterocycles. The number of amidine groups is 1. The molecule has 0 radical (unpaired) electrons. The summed E-state index contributed by atoms with van der Waals surface area (Å²) in [6.45, 7) is 9.14. The predicted octanol–water partition coefficient (Wildman–Crippen LogP) is 1.67. The third kappa shape index (κ3) is 3.07. The van der Waals surface area contributed by atoms with Crippen molar-refractivity contribution in [2.75, 3.05) is 14.1 Å². The Labute approximate surface area is 62.6 Å². The van der Waals surface area contributed by atoms with Crippen molar-refractivity contribution >= 4 is 5.84 Å². The van der Waals surface area contributed by atoms with Crippen LogP contribution in [0.2, 0.25) is 0 Å². The molecular weight excluding hydrogens is 124 g/mol. The summed E-state index contributed by atoms with van der Waals surface area (Å²) < 4.78 is 0. The molecule has 0 aromatic rings. The van der Waals surface area contributed by atoms with Crippen molar-refractivity contribution in [2.24, 2.45) is 4.99 Å². The SMILES string of the molecule is C=CC(=NC(=C)C)N(C)C. The van der Waals surface area contributed by atoms with Gasteiger partial charge in [-0.1, -0.05) is 13.2 Å². The summed E-state index contributed by atoms with van der Waals surface area (Å²) in [5, 5.41) is 0. The van der Waals surface area contributed by atoms with Gasteiger partial charge in [-0.05, 0) is 13.0 Å². The van der Waals surface area contributed by atoms with E-state index in [0.717, 1.165) is 11.5 Å². The van der Waals surface area contributed by atoms with Gasteiger partial charge >= 0.3 is 0 Å². The lowest BCUT2D eigenvalue weighted by atomic mass is 10.5. The normalized spacial score (nSPS) is 10.9. The fourth-order valence-corrected chi connectivity index (χ4v) is 0.524. The lowest BCUT2D eigenvalue weighted by Crippen LogP contribution is -2.19. The zero-order chi connectivity index (χ0) is 8.15. The molecule has 0 heterocycles. The van der Waals surface area contributed by atoms with Crippen LogP contribution in [-0.4, -0.2) is 24.8 Å². The molecule has 10 heavy (non-hydrogen) atoms. The van der Waals surface area contributed by atoms with E-state index < -0.39 is 0 Å². The van der Waals surface area contributed by atoms with Gasteiger partial charge in [0, 0.05) is 19.8 Å². The molecule has 0 rings (SSSR count). The van der Waals surface area contributed by atoms with Gasteiger partial charge in [-0.25, -0.2) is 4.99 Å². The summed E-state index contributed by atoms with van der Waals surface area (Å²) in [6, 6.07) is 0. The van der Waals surface area contributed by atoms with Gasteiger partial charge in [-0.2, -0.15) is 0 Å². The summed E-state index contributed by atoms with van der Waals surface area (Å²) >= 11 is 0. The number of allylic oxidation sites excluding steroid dienone is 1. The van der Waals surface area contributed by atoms with E-state index in [1.807, 2.05) is 25.9 Å². The van der Waals surface area contributed by atoms with Gasteiger partial charge in [0.05, 0.1) is 0 Å². The molecule has 0 aromatic heterocycles. The number of nitrogens with zero attached hydrogens (tertiary/aromatic N) is 2. The van der Waals surface area contributed by atoms with Crippen LogP contribution in [0.5, 0.6) is 0 Å². The molecule has 0 aliphatic carbocycles. The quantitative estimate of drug-likeness (QED) is 0.418. The number of hydrogen-bond acceptors (Lipinski definition) is 1. The van der Waals surface area contributed by atoms with E-state index in [0.29, 0.717) is 0 Å². The fourth-order valence-electron chi connectivity index (χ4n) is 0.524. The van der Waals surface area contributed by atoms with Gasteiger partial charge in [-0.3, -0.25) is 0 Å². The van der Waals surface area contributed by atoms with Crippen LogP contribution in [-0.2, 0) is 0 Å². The Balaban J connectivity index is 4.33. The third-order valence-corrected chi connectivity index (χ3v) is 0.946. The molecule has 0 bridgehead atoms. The van der Waals surface area contributed by atoms with Crippen LogP contribution in [0.4, 0.5) is 0 Å². The maximum Gasteiger partial charge on any atom is 0.127 e. The van der Waals surface area contributed by atoms with E-state index in [1.165, 1.54) is 0 Å². The van der Waals surface area contributed by atoms with E-state index in [1.54, 1.807) is 6.08 Å². The molecule has 0 saturated heterocycles. The second-order valence-electron chi connectivity index (χ2n) is 2.30. The molecule has 2 nitrogen and oxygen atoms in total. The highest BCUT2D eigenvalue weighted by atomic mass is 15.1. The van der Waals surface area contributed by atoms with Crippen LogP contribution in [0, 0.1) is 0 Å². The number of aliphatic imine (C=N–C) groups is 1. The molecule has 0 fully saturated rings. The second kappa shape index (κ2) is 3.88. The highest BCUT2D eigenvalue weighted by molar-refractivity contribution is 5.92. The van der Waals surface area contributed by atoms with Gasteiger partial charge in [0.15, 0.2) is 0 Å². The molecule has 56 valence electrons. The number of rotatable bonds is 2. The van der Waals surface area contributed by atoms with Crippen molar-refractivity contribution in [3.63, 3.8) is 0 Å². The zero-order valence-corrected chi connectivity index (χ0v) is 6.89. The molecule has 0 saturated carbocycles. The van der Waals surface area contributed by atoms with Crippen LogP contribution >= 0.6 is 0 Å². The highest BCUT2D eigenvalue weighted by Crippen LogP contribution is 1.93. The topological polar surface area (TPSA) is 15.6 Å². The largest absolute Gasteiger partial charge is 0.363 e. The standard InChI is InChI=1S/C8H14N2/c1-6-8(10(4)5)9-7(2)3/h6H,1-2H2,3-5H3. The molecule has 0 aromatic carbocycles. The fraction of sp³-hybridized carbons (Fsp3) is 0.375. The summed E-state index contributed by atoms with van der Waals surface area (Å²) in [5.74, 6) is 0.840. The lowest BCUT2D eigenvalue weighted by molar-refractivity contribution is 0.625. The van der Waals surface area contributed by atoms with Gasteiger partial charge < -0.3 is 4.90 Å². The van der Waals surface area contributed by atoms with Crippen molar-refractivity contribution < 1.29 is 0 Å². The smallest absolute Gasteiger partial charge is 0.127 e. The summed E-state index contributed by atoms with van der Waals surface area (Å²) in [6.07, 6.45) is 1.70. The lowest BCUT2D eigenvalue weighted by Gasteiger charge is -2.10. The summed E-state index contributed by atoms with van der Waals surface area (Å²) in [4.78, 5) is 6.02. The Morgan fingerprint density at radius 3 is 2.10 bits per heavy atom. The monoisotopic (exact) mass is 138 g/mol. The first-order valence-corrected chi connectivity index (χ1v) is 3.12. The maximum absolute atomic E-state index is 4.12. The Hall–Kier alpha value is -1.05. The average molecular weight is 138 g/mol. The molecule has 0 unspecified atom stereocenters. The van der Waals surface area contributed by atoms with Gasteiger partial charge in [0.2, 0.25) is 0 Å². The molecule has 0 spiro atoms. The molecule has 0 N–H and O–H groups in total. The second-order valence-corrected chi connectivity index (χ2v) is 2.30. The van der Waals surface area contributed by atoms with Crippen LogP contribution in [0.3, 0.4) is 0 Å². The van der Waals surface area contributed by atoms with Crippen molar-refractivity contribution in [3.8, 4) is 0 Å². The average Bonchev–Trinajstić information content (AvgIpc) is 1.81. The van der Waals surface area contributed by atoms with Gasteiger partial charge in [0.1, 0.15) is 5.84 Å². The van der Waals surface area contributed by atoms with Crippen LogP contribution in [0.25, 0.3) is 0 Å². The molecular formula is C8H14N2.